The van der Waals surface area contributed by atoms with Crippen molar-refractivity contribution in [2.45, 2.75) is 13.8 Å². The van der Waals surface area contributed by atoms with Crippen LogP contribution in [0.4, 0.5) is 11.4 Å². The summed E-state index contributed by atoms with van der Waals surface area (Å²) in [5.74, 6) is -0.300. The van der Waals surface area contributed by atoms with Crippen LogP contribution in [0.3, 0.4) is 0 Å². The summed E-state index contributed by atoms with van der Waals surface area (Å²) in [6, 6.07) is 16.7. The van der Waals surface area contributed by atoms with E-state index in [0.717, 1.165) is 11.1 Å². The smallest absolute Gasteiger partial charge is 0.221 e. The zero-order valence-corrected chi connectivity index (χ0v) is 14.5. The average molecular weight is 346 g/mol. The lowest BCUT2D eigenvalue weighted by atomic mass is 10.0. The average Bonchev–Trinajstić information content (AvgIpc) is 2.62. The van der Waals surface area contributed by atoms with Gasteiger partial charge in [-0.1, -0.05) is 36.4 Å². The molecule has 2 amide bonds. The highest BCUT2D eigenvalue weighted by molar-refractivity contribution is 5.95. The van der Waals surface area contributed by atoms with Crippen LogP contribution < -0.4 is 10.6 Å². The summed E-state index contributed by atoms with van der Waals surface area (Å²) >= 11 is 0. The molecule has 0 saturated carbocycles. The van der Waals surface area contributed by atoms with Gasteiger partial charge in [0.1, 0.15) is 6.33 Å². The number of anilines is 2. The number of rotatable bonds is 4. The fourth-order valence-corrected chi connectivity index (χ4v) is 2.66. The second-order valence-electron chi connectivity index (χ2n) is 5.74. The molecule has 0 aliphatic heterocycles. The van der Waals surface area contributed by atoms with Gasteiger partial charge in [-0.2, -0.15) is 0 Å². The topological polar surface area (TPSA) is 84.0 Å². The molecular formula is C20H18N4O2. The van der Waals surface area contributed by atoms with Gasteiger partial charge in [-0.15, -0.1) is 0 Å². The Hall–Kier alpha value is -3.54. The van der Waals surface area contributed by atoms with E-state index >= 15 is 0 Å². The molecule has 0 unspecified atom stereocenters. The number of nitrogens with zero attached hydrogens (tertiary/aromatic N) is 2. The second kappa shape index (κ2) is 7.57. The minimum absolute atomic E-state index is 0.150. The number of aromatic nitrogens is 2. The number of benzene rings is 2. The standard InChI is InChI=1S/C20H18N4O2/c1-13(25)23-17-9-5-3-7-15(17)19-11-20(22-12-21-19)16-8-4-6-10-18(16)24-14(2)26/h3-12H,1-2H3,(H,23,25)(H,24,26). The zero-order chi connectivity index (χ0) is 18.5. The van der Waals surface area contributed by atoms with Crippen LogP contribution in [0.5, 0.6) is 0 Å². The third kappa shape index (κ3) is 3.92. The second-order valence-corrected chi connectivity index (χ2v) is 5.74. The first-order chi connectivity index (χ1) is 12.5. The van der Waals surface area contributed by atoms with E-state index in [1.165, 1.54) is 20.2 Å². The van der Waals surface area contributed by atoms with Crippen LogP contribution in [0, 0.1) is 0 Å². The van der Waals surface area contributed by atoms with Gasteiger partial charge in [-0.25, -0.2) is 9.97 Å². The molecule has 1 heterocycles. The zero-order valence-electron chi connectivity index (χ0n) is 14.5. The van der Waals surface area contributed by atoms with E-state index < -0.39 is 0 Å². The SMILES string of the molecule is CC(=O)Nc1ccccc1-c1cc(-c2ccccc2NC(C)=O)ncn1. The molecule has 2 aromatic carbocycles. The van der Waals surface area contributed by atoms with Crippen LogP contribution in [0.2, 0.25) is 0 Å². The highest BCUT2D eigenvalue weighted by Crippen LogP contribution is 2.31. The Balaban J connectivity index is 2.06. The number of carbonyl (C=O) groups excluding carboxylic acids is 2. The molecule has 0 aliphatic rings. The lowest BCUT2D eigenvalue weighted by Gasteiger charge is -2.12. The third-order valence-electron chi connectivity index (χ3n) is 3.69. The van der Waals surface area contributed by atoms with Gasteiger partial charge in [-0.05, 0) is 18.2 Å². The van der Waals surface area contributed by atoms with Crippen molar-refractivity contribution >= 4 is 23.2 Å². The van der Waals surface area contributed by atoms with E-state index in [-0.39, 0.29) is 11.8 Å². The molecule has 0 saturated heterocycles. The fraction of sp³-hybridized carbons (Fsp3) is 0.100. The first kappa shape index (κ1) is 17.3. The Morgan fingerprint density at radius 2 is 1.15 bits per heavy atom. The van der Waals surface area contributed by atoms with Crippen molar-refractivity contribution < 1.29 is 9.59 Å². The Kier molecular flexibility index (Phi) is 5.03. The lowest BCUT2D eigenvalue weighted by Crippen LogP contribution is -2.08. The first-order valence-electron chi connectivity index (χ1n) is 8.10. The van der Waals surface area contributed by atoms with Gasteiger partial charge < -0.3 is 10.6 Å². The van der Waals surface area contributed by atoms with Gasteiger partial charge in [0.15, 0.2) is 0 Å². The largest absolute Gasteiger partial charge is 0.326 e. The fourth-order valence-electron chi connectivity index (χ4n) is 2.66. The molecule has 6 nitrogen and oxygen atoms in total. The molecule has 3 rings (SSSR count). The summed E-state index contributed by atoms with van der Waals surface area (Å²) in [6.45, 7) is 2.93. The van der Waals surface area contributed by atoms with Gasteiger partial charge in [-0.3, -0.25) is 9.59 Å². The van der Waals surface area contributed by atoms with Crippen LogP contribution >= 0.6 is 0 Å². The van der Waals surface area contributed by atoms with E-state index in [2.05, 4.69) is 20.6 Å². The van der Waals surface area contributed by atoms with Crippen molar-refractivity contribution in [2.24, 2.45) is 0 Å². The Bertz CT molecular complexity index is 895. The molecule has 130 valence electrons. The predicted molar refractivity (Wildman–Crippen MR) is 102 cm³/mol. The van der Waals surface area contributed by atoms with Crippen LogP contribution in [0.25, 0.3) is 22.5 Å². The lowest BCUT2D eigenvalue weighted by molar-refractivity contribution is -0.115. The first-order valence-corrected chi connectivity index (χ1v) is 8.10. The van der Waals surface area contributed by atoms with Crippen LogP contribution in [0.15, 0.2) is 60.9 Å². The summed E-state index contributed by atoms with van der Waals surface area (Å²) in [7, 11) is 0. The van der Waals surface area contributed by atoms with Crippen molar-refractivity contribution in [1.82, 2.24) is 9.97 Å². The molecular weight excluding hydrogens is 328 g/mol. The maximum atomic E-state index is 11.4. The number of hydrogen-bond acceptors (Lipinski definition) is 4. The number of carbonyl (C=O) groups is 2. The Labute approximate surface area is 151 Å². The van der Waals surface area contributed by atoms with Crippen LogP contribution in [-0.2, 0) is 9.59 Å². The molecule has 26 heavy (non-hydrogen) atoms. The van der Waals surface area contributed by atoms with Gasteiger partial charge in [0.2, 0.25) is 11.8 Å². The molecule has 0 radical (unpaired) electrons. The monoisotopic (exact) mass is 346 g/mol. The summed E-state index contributed by atoms with van der Waals surface area (Å²) in [4.78, 5) is 31.6. The number of amides is 2. The molecule has 6 heteroatoms. The normalized spacial score (nSPS) is 10.2. The molecule has 0 atom stereocenters. The maximum Gasteiger partial charge on any atom is 0.221 e. The molecule has 0 aliphatic carbocycles. The molecule has 3 aromatic rings. The Morgan fingerprint density at radius 1 is 0.731 bits per heavy atom. The van der Waals surface area contributed by atoms with Crippen molar-refractivity contribution in [3.05, 3.63) is 60.9 Å². The number of nitrogens with one attached hydrogen (secondary N) is 2. The van der Waals surface area contributed by atoms with Crippen molar-refractivity contribution in [3.8, 4) is 22.5 Å². The minimum Gasteiger partial charge on any atom is -0.326 e. The van der Waals surface area contributed by atoms with E-state index in [4.69, 9.17) is 0 Å². The minimum atomic E-state index is -0.150. The summed E-state index contributed by atoms with van der Waals surface area (Å²) < 4.78 is 0. The van der Waals surface area contributed by atoms with Gasteiger partial charge >= 0.3 is 0 Å². The highest BCUT2D eigenvalue weighted by atomic mass is 16.2. The maximum absolute atomic E-state index is 11.4. The molecule has 0 fully saturated rings. The molecule has 2 N–H and O–H groups in total. The van der Waals surface area contributed by atoms with Crippen molar-refractivity contribution in [3.63, 3.8) is 0 Å². The molecule has 0 spiro atoms. The molecule has 1 aromatic heterocycles. The van der Waals surface area contributed by atoms with E-state index in [9.17, 15) is 9.59 Å². The highest BCUT2D eigenvalue weighted by Gasteiger charge is 2.12. The van der Waals surface area contributed by atoms with Gasteiger partial charge in [0.25, 0.3) is 0 Å². The summed E-state index contributed by atoms with van der Waals surface area (Å²) in [6.07, 6.45) is 1.47. The number of para-hydroxylation sites is 2. The third-order valence-corrected chi connectivity index (χ3v) is 3.69. The summed E-state index contributed by atoms with van der Waals surface area (Å²) in [5.41, 5.74) is 4.31. The predicted octanol–water partition coefficient (Wildman–Crippen LogP) is 3.73. The molecule has 0 bridgehead atoms. The van der Waals surface area contributed by atoms with Crippen molar-refractivity contribution in [1.29, 1.82) is 0 Å². The Morgan fingerprint density at radius 3 is 1.58 bits per heavy atom. The van der Waals surface area contributed by atoms with Crippen molar-refractivity contribution in [2.75, 3.05) is 10.6 Å². The number of hydrogen-bond donors (Lipinski definition) is 2. The quantitative estimate of drug-likeness (QED) is 0.754. The van der Waals surface area contributed by atoms with E-state index in [0.29, 0.717) is 22.8 Å². The van der Waals surface area contributed by atoms with E-state index in [1.54, 1.807) is 0 Å². The van der Waals surface area contributed by atoms with Crippen LogP contribution in [-0.4, -0.2) is 21.8 Å². The van der Waals surface area contributed by atoms with Gasteiger partial charge in [0.05, 0.1) is 22.8 Å². The van der Waals surface area contributed by atoms with E-state index in [1.807, 2.05) is 54.6 Å². The van der Waals surface area contributed by atoms with Crippen LogP contribution in [0.1, 0.15) is 13.8 Å². The summed E-state index contributed by atoms with van der Waals surface area (Å²) in [5, 5.41) is 5.62. The van der Waals surface area contributed by atoms with Gasteiger partial charge in [0, 0.05) is 25.0 Å².